The molecule has 0 unspecified atom stereocenters. The molecule has 0 rings (SSSR count). The molecule has 0 heterocycles. The first kappa shape index (κ1) is 3.98. The topological polar surface area (TPSA) is 29.1 Å². The van der Waals surface area contributed by atoms with Gasteiger partial charge in [-0.3, -0.25) is 0 Å². The predicted octanol–water partition coefficient (Wildman–Crippen LogP) is -0.451. The van der Waals surface area contributed by atoms with E-state index in [9.17, 15) is 0 Å². The molecule has 0 aliphatic rings. The van der Waals surface area contributed by atoms with Crippen LogP contribution in [0.1, 0.15) is 0 Å². The molecule has 0 aliphatic heterocycles. The molecule has 0 aliphatic carbocycles. The van der Waals surface area contributed by atoms with Crippen LogP contribution < -0.4 is 4.72 Å². The van der Waals surface area contributed by atoms with Gasteiger partial charge in [-0.1, -0.05) is 0 Å². The monoisotopic (exact) mass is 78.0 g/mol. The number of rotatable bonds is 1. The molecule has 0 aromatic carbocycles. The van der Waals surface area contributed by atoms with Gasteiger partial charge in [0.1, 0.15) is 0 Å². The number of hydrogen-bond acceptors (Lipinski definition) is 1. The van der Waals surface area contributed by atoms with Gasteiger partial charge in [0, 0.05) is 7.05 Å². The van der Waals surface area contributed by atoms with Gasteiger partial charge in [0.25, 0.3) is 0 Å². The number of hydrogen-bond donors (Lipinski definition) is 1. The van der Waals surface area contributed by atoms with Crippen LogP contribution in [-0.4, -0.2) is 7.05 Å². The summed E-state index contributed by atoms with van der Waals surface area (Å²) in [6, 6.07) is 0. The predicted molar refractivity (Wildman–Crippen MR) is 17.1 cm³/mol. The lowest BCUT2D eigenvalue weighted by atomic mass is 11.6. The van der Waals surface area contributed by atoms with Crippen LogP contribution >= 0.6 is 0 Å². The van der Waals surface area contributed by atoms with Gasteiger partial charge < -0.3 is 0 Å². The zero-order valence-corrected chi connectivity index (χ0v) is 3.13. The van der Waals surface area contributed by atoms with Gasteiger partial charge in [0.05, 0.1) is 4.21 Å². The molecule has 0 aromatic rings. The van der Waals surface area contributed by atoms with Gasteiger partial charge in [-0.05, 0) is 4.72 Å². The van der Waals surface area contributed by atoms with Gasteiger partial charge in [-0.15, -0.1) is 0 Å². The summed E-state index contributed by atoms with van der Waals surface area (Å²) in [4.78, 5) is 0. The highest BCUT2D eigenvalue weighted by Gasteiger charge is 1.74. The molecular formula is CH4NOS+. The molecule has 0 bridgehead atoms. The summed E-state index contributed by atoms with van der Waals surface area (Å²) in [7, 11) is 1.58. The van der Waals surface area contributed by atoms with Crippen molar-refractivity contribution in [3.63, 3.8) is 0 Å². The average Bonchev–Trinajstić information content (AvgIpc) is 1.37. The molecular weight excluding hydrogens is 74.1 g/mol. The van der Waals surface area contributed by atoms with Crippen molar-refractivity contribution in [2.24, 2.45) is 0 Å². The van der Waals surface area contributed by atoms with Crippen LogP contribution in [0, 0.1) is 0 Å². The summed E-state index contributed by atoms with van der Waals surface area (Å²) < 4.78 is 11.4. The fourth-order valence-corrected chi connectivity index (χ4v) is 0. The van der Waals surface area contributed by atoms with Crippen molar-refractivity contribution in [2.45, 2.75) is 0 Å². The van der Waals surface area contributed by atoms with E-state index in [1.54, 1.807) is 7.05 Å². The Balaban J connectivity index is 2.30. The van der Waals surface area contributed by atoms with E-state index in [1.165, 1.54) is 0 Å². The first-order chi connectivity index (χ1) is 1.91. The Morgan fingerprint density at radius 3 is 2.25 bits per heavy atom. The van der Waals surface area contributed by atoms with E-state index in [0.717, 1.165) is 0 Å². The Hall–Kier alpha value is -0.0200. The van der Waals surface area contributed by atoms with Crippen molar-refractivity contribution >= 4 is 11.9 Å². The maximum Gasteiger partial charge on any atom is 0.587 e. The molecule has 4 heavy (non-hydrogen) atoms. The smallest absolute Gasteiger partial charge is 0.0268 e. The minimum absolute atomic E-state index is 0.356. The van der Waals surface area contributed by atoms with Crippen LogP contribution in [0.2, 0.25) is 0 Å². The van der Waals surface area contributed by atoms with E-state index in [0.29, 0.717) is 11.9 Å². The lowest BCUT2D eigenvalue weighted by Gasteiger charge is -1.36. The highest BCUT2D eigenvalue weighted by Crippen LogP contribution is 1.21. The Morgan fingerprint density at radius 1 is 2.00 bits per heavy atom. The second kappa shape index (κ2) is 2.98. The zero-order chi connectivity index (χ0) is 3.41. The fraction of sp³-hybridized carbons (Fsp3) is 1.00. The second-order valence-corrected chi connectivity index (χ2v) is 0.862. The minimum Gasteiger partial charge on any atom is -0.0268 e. The van der Waals surface area contributed by atoms with Crippen molar-refractivity contribution < 1.29 is 4.21 Å². The fourth-order valence-electron chi connectivity index (χ4n) is 0. The summed E-state index contributed by atoms with van der Waals surface area (Å²) in [5.41, 5.74) is 0. The summed E-state index contributed by atoms with van der Waals surface area (Å²) in [6.07, 6.45) is 0. The molecule has 0 spiro atoms. The minimum atomic E-state index is 0.356. The van der Waals surface area contributed by atoms with Gasteiger partial charge in [-0.25, -0.2) is 0 Å². The molecule has 24 valence electrons. The molecule has 0 aromatic heterocycles. The molecule has 0 atom stereocenters. The standard InChI is InChI=1S/CH4NOS/c1-2-4-3/h1H3,(H,2,3)/q+1. The van der Waals surface area contributed by atoms with Gasteiger partial charge in [-0.2, -0.15) is 0 Å². The highest BCUT2D eigenvalue weighted by molar-refractivity contribution is 7.63. The Bertz CT molecular complexity index is 22.0. The van der Waals surface area contributed by atoms with Crippen LogP contribution in [0.3, 0.4) is 0 Å². The summed E-state index contributed by atoms with van der Waals surface area (Å²) in [6.45, 7) is 0. The van der Waals surface area contributed by atoms with Crippen LogP contribution in [0.15, 0.2) is 0 Å². The molecule has 0 saturated heterocycles. The van der Waals surface area contributed by atoms with Crippen molar-refractivity contribution in [2.75, 3.05) is 7.05 Å². The van der Waals surface area contributed by atoms with Gasteiger partial charge in [0.15, 0.2) is 0 Å². The van der Waals surface area contributed by atoms with Gasteiger partial charge >= 0.3 is 11.9 Å². The summed E-state index contributed by atoms with van der Waals surface area (Å²) in [5, 5.41) is 0. The third-order valence-electron chi connectivity index (χ3n) is 0.0833. The lowest BCUT2D eigenvalue weighted by Crippen LogP contribution is -1.91. The van der Waals surface area contributed by atoms with Crippen molar-refractivity contribution in [1.29, 1.82) is 0 Å². The largest absolute Gasteiger partial charge is 0.587 e. The quantitative estimate of drug-likeness (QED) is 0.334. The average molecular weight is 78.1 g/mol. The third kappa shape index (κ3) is 1.98. The molecule has 0 fully saturated rings. The van der Waals surface area contributed by atoms with E-state index in [4.69, 9.17) is 4.21 Å². The molecule has 0 saturated carbocycles. The second-order valence-electron chi connectivity index (χ2n) is 0.287. The van der Waals surface area contributed by atoms with E-state index < -0.39 is 0 Å². The molecule has 0 amide bonds. The molecule has 1 N–H and O–H groups in total. The molecule has 0 radical (unpaired) electrons. The molecule has 2 nitrogen and oxygen atoms in total. The number of nitrogens with one attached hydrogen (secondary N) is 1. The first-order valence-corrected chi connectivity index (χ1v) is 1.61. The normalized spacial score (nSPS) is 6.25. The van der Waals surface area contributed by atoms with Crippen LogP contribution in [0.25, 0.3) is 0 Å². The van der Waals surface area contributed by atoms with Crippen LogP contribution in [0.4, 0.5) is 0 Å². The van der Waals surface area contributed by atoms with E-state index in [-0.39, 0.29) is 0 Å². The van der Waals surface area contributed by atoms with Crippen molar-refractivity contribution in [3.05, 3.63) is 0 Å². The van der Waals surface area contributed by atoms with Crippen molar-refractivity contribution in [3.8, 4) is 0 Å². The van der Waals surface area contributed by atoms with E-state index >= 15 is 0 Å². The Kier molecular flexibility index (Phi) is 2.97. The maximum atomic E-state index is 9.10. The van der Waals surface area contributed by atoms with Crippen LogP contribution in [-0.2, 0) is 16.1 Å². The Morgan fingerprint density at radius 2 is 2.25 bits per heavy atom. The van der Waals surface area contributed by atoms with Crippen molar-refractivity contribution in [1.82, 2.24) is 4.72 Å². The zero-order valence-electron chi connectivity index (χ0n) is 2.32. The van der Waals surface area contributed by atoms with Gasteiger partial charge in [0.2, 0.25) is 0 Å². The highest BCUT2D eigenvalue weighted by atomic mass is 32.2. The maximum absolute atomic E-state index is 9.10. The lowest BCUT2D eigenvalue weighted by molar-refractivity contribution is 0.601. The first-order valence-electron chi connectivity index (χ1n) is 0.871. The summed E-state index contributed by atoms with van der Waals surface area (Å²) >= 11 is 0.356. The van der Waals surface area contributed by atoms with Crippen LogP contribution in [0.5, 0.6) is 0 Å². The molecule has 3 heteroatoms. The van der Waals surface area contributed by atoms with E-state index in [1.807, 2.05) is 0 Å². The third-order valence-corrected chi connectivity index (χ3v) is 0.250. The summed E-state index contributed by atoms with van der Waals surface area (Å²) in [5.74, 6) is 0. The SMILES string of the molecule is CN[S+]=O. The Labute approximate surface area is 28.8 Å². The van der Waals surface area contributed by atoms with E-state index in [2.05, 4.69) is 4.72 Å².